The number of nitrogens with zero attached hydrogens (tertiary/aromatic N) is 5. The minimum absolute atomic E-state index is 0.109. The van der Waals surface area contributed by atoms with E-state index in [9.17, 15) is 4.79 Å². The number of benzene rings is 2. The number of hydrogen-bond donors (Lipinski definition) is 1. The largest absolute Gasteiger partial charge is 0.339 e. The van der Waals surface area contributed by atoms with Crippen LogP contribution in [0.5, 0.6) is 0 Å². The smallest absolute Gasteiger partial charge is 0.227 e. The molecule has 0 atom stereocenters. The summed E-state index contributed by atoms with van der Waals surface area (Å²) in [5, 5.41) is 0.899. The van der Waals surface area contributed by atoms with Crippen LogP contribution in [0.4, 0.5) is 5.95 Å². The second-order valence-corrected chi connectivity index (χ2v) is 9.91. The van der Waals surface area contributed by atoms with Crippen LogP contribution >= 0.6 is 0 Å². The predicted octanol–water partition coefficient (Wildman–Crippen LogP) is 4.37. The fraction of sp³-hybridized carbons (Fsp3) is 0.310. The Morgan fingerprint density at radius 3 is 2.28 bits per heavy atom. The Labute approximate surface area is 211 Å². The van der Waals surface area contributed by atoms with E-state index in [1.807, 2.05) is 29.3 Å². The summed E-state index contributed by atoms with van der Waals surface area (Å²) in [6, 6.07) is 21.0. The van der Waals surface area contributed by atoms with E-state index < -0.39 is 0 Å². The molecule has 6 rings (SSSR count). The lowest BCUT2D eigenvalue weighted by atomic mass is 9.72. The van der Waals surface area contributed by atoms with Crippen LogP contribution in [0.3, 0.4) is 0 Å². The normalized spacial score (nSPS) is 17.2. The Kier molecular flexibility index (Phi) is 5.64. The number of amides is 1. The van der Waals surface area contributed by atoms with Gasteiger partial charge in [-0.25, -0.2) is 9.97 Å². The molecule has 36 heavy (non-hydrogen) atoms. The number of pyridine rings is 1. The van der Waals surface area contributed by atoms with Gasteiger partial charge in [0.1, 0.15) is 0 Å². The van der Waals surface area contributed by atoms with Crippen molar-refractivity contribution in [2.75, 3.05) is 31.1 Å². The summed E-state index contributed by atoms with van der Waals surface area (Å²) in [6.07, 6.45) is 5.12. The third-order valence-corrected chi connectivity index (χ3v) is 7.63. The molecule has 1 saturated carbocycles. The molecular formula is C29H30N6O. The maximum Gasteiger partial charge on any atom is 0.227 e. The number of anilines is 1. The lowest BCUT2D eigenvalue weighted by molar-refractivity contribution is -0.129. The maximum atomic E-state index is 11.7. The molecule has 1 aliphatic carbocycles. The molecule has 2 aromatic heterocycles. The van der Waals surface area contributed by atoms with Crippen molar-refractivity contribution in [3.63, 3.8) is 0 Å². The molecule has 0 unspecified atom stereocenters. The lowest BCUT2D eigenvalue weighted by Gasteiger charge is -2.38. The maximum absolute atomic E-state index is 11.7. The van der Waals surface area contributed by atoms with Gasteiger partial charge in [-0.15, -0.1) is 0 Å². The summed E-state index contributed by atoms with van der Waals surface area (Å²) in [4.78, 5) is 30.2. The van der Waals surface area contributed by atoms with E-state index in [0.29, 0.717) is 37.8 Å². The highest BCUT2D eigenvalue weighted by atomic mass is 16.2. The van der Waals surface area contributed by atoms with Gasteiger partial charge in [-0.1, -0.05) is 54.6 Å². The SMILES string of the molecule is CC(=O)N1CCN(c2ncc3cc(-c4ccccc4)c(-c4ccc(C5(N)CCC5)cc4)nc3n2)CC1. The Morgan fingerprint density at radius 1 is 0.917 bits per heavy atom. The third-order valence-electron chi connectivity index (χ3n) is 7.63. The van der Waals surface area contributed by atoms with Crippen molar-refractivity contribution in [1.29, 1.82) is 0 Å². The fourth-order valence-electron chi connectivity index (χ4n) is 5.19. The number of rotatable bonds is 4. The summed E-state index contributed by atoms with van der Waals surface area (Å²) in [6.45, 7) is 4.39. The minimum atomic E-state index is -0.188. The van der Waals surface area contributed by atoms with Crippen LogP contribution in [0.2, 0.25) is 0 Å². The zero-order valence-electron chi connectivity index (χ0n) is 20.5. The highest BCUT2D eigenvalue weighted by Crippen LogP contribution is 2.40. The van der Waals surface area contributed by atoms with Crippen LogP contribution < -0.4 is 10.6 Å². The van der Waals surface area contributed by atoms with Gasteiger partial charge in [-0.2, -0.15) is 4.98 Å². The minimum Gasteiger partial charge on any atom is -0.339 e. The quantitative estimate of drug-likeness (QED) is 0.469. The van der Waals surface area contributed by atoms with Crippen LogP contribution in [-0.2, 0) is 10.3 Å². The number of piperazine rings is 1. The molecule has 0 radical (unpaired) electrons. The van der Waals surface area contributed by atoms with Gasteiger partial charge in [0, 0.05) is 61.4 Å². The van der Waals surface area contributed by atoms with Crippen LogP contribution in [-0.4, -0.2) is 51.9 Å². The first kappa shape index (κ1) is 22.6. The molecule has 182 valence electrons. The molecule has 2 aliphatic rings. The molecule has 0 bridgehead atoms. The van der Waals surface area contributed by atoms with Gasteiger partial charge < -0.3 is 15.5 Å². The molecule has 1 amide bonds. The van der Waals surface area contributed by atoms with Gasteiger partial charge in [0.15, 0.2) is 5.65 Å². The van der Waals surface area contributed by atoms with Gasteiger partial charge in [0.05, 0.1) is 5.69 Å². The van der Waals surface area contributed by atoms with Gasteiger partial charge >= 0.3 is 0 Å². The van der Waals surface area contributed by atoms with Gasteiger partial charge in [0.25, 0.3) is 0 Å². The summed E-state index contributed by atoms with van der Waals surface area (Å²) in [7, 11) is 0. The van der Waals surface area contributed by atoms with Crippen LogP contribution in [0.1, 0.15) is 31.7 Å². The standard InChI is InChI=1S/C29H30N6O/c1-20(36)34-14-16-35(17-15-34)28-31-19-23-18-25(21-6-3-2-4-7-21)26(32-27(23)33-28)22-8-10-24(11-9-22)29(30)12-5-13-29/h2-4,6-11,18-19H,5,12-17,30H2,1H3. The molecule has 4 aromatic rings. The van der Waals surface area contributed by atoms with Crippen molar-refractivity contribution < 1.29 is 4.79 Å². The van der Waals surface area contributed by atoms with Crippen molar-refractivity contribution in [1.82, 2.24) is 19.9 Å². The van der Waals surface area contributed by atoms with E-state index in [1.165, 1.54) is 12.0 Å². The number of nitrogens with two attached hydrogens (primary N) is 1. The van der Waals surface area contributed by atoms with Gasteiger partial charge in [0.2, 0.25) is 11.9 Å². The van der Waals surface area contributed by atoms with E-state index in [2.05, 4.69) is 52.3 Å². The molecule has 1 saturated heterocycles. The van der Waals surface area contributed by atoms with Crippen molar-refractivity contribution in [3.05, 3.63) is 72.4 Å². The van der Waals surface area contributed by atoms with Crippen LogP contribution in [0.15, 0.2) is 66.9 Å². The number of fused-ring (bicyclic) bond motifs is 1. The first-order valence-corrected chi connectivity index (χ1v) is 12.6. The molecular weight excluding hydrogens is 448 g/mol. The highest BCUT2D eigenvalue weighted by molar-refractivity contribution is 5.90. The average molecular weight is 479 g/mol. The first-order valence-electron chi connectivity index (χ1n) is 12.6. The van der Waals surface area contributed by atoms with Crippen molar-refractivity contribution in [2.45, 2.75) is 31.7 Å². The highest BCUT2D eigenvalue weighted by Gasteiger charge is 2.34. The topological polar surface area (TPSA) is 88.2 Å². The molecule has 2 aromatic carbocycles. The fourth-order valence-corrected chi connectivity index (χ4v) is 5.19. The molecule has 7 nitrogen and oxygen atoms in total. The van der Waals surface area contributed by atoms with Crippen LogP contribution in [0.25, 0.3) is 33.4 Å². The predicted molar refractivity (Wildman–Crippen MR) is 142 cm³/mol. The number of carbonyl (C=O) groups is 1. The second kappa shape index (κ2) is 8.99. The van der Waals surface area contributed by atoms with Crippen molar-refractivity contribution in [3.8, 4) is 22.4 Å². The van der Waals surface area contributed by atoms with E-state index in [4.69, 9.17) is 15.7 Å². The van der Waals surface area contributed by atoms with Crippen LogP contribution in [0, 0.1) is 0 Å². The number of carbonyl (C=O) groups excluding carboxylic acids is 1. The van der Waals surface area contributed by atoms with Gasteiger partial charge in [-0.05, 0) is 36.5 Å². The Bertz CT molecular complexity index is 1410. The zero-order chi connectivity index (χ0) is 24.7. The van der Waals surface area contributed by atoms with E-state index in [1.54, 1.807) is 6.92 Å². The van der Waals surface area contributed by atoms with Gasteiger partial charge in [-0.3, -0.25) is 4.79 Å². The molecule has 2 fully saturated rings. The summed E-state index contributed by atoms with van der Waals surface area (Å²) >= 11 is 0. The monoisotopic (exact) mass is 478 g/mol. The summed E-state index contributed by atoms with van der Waals surface area (Å²) < 4.78 is 0. The van der Waals surface area contributed by atoms with Crippen molar-refractivity contribution in [2.24, 2.45) is 5.73 Å². The average Bonchev–Trinajstić information content (AvgIpc) is 2.91. The second-order valence-electron chi connectivity index (χ2n) is 9.91. The summed E-state index contributed by atoms with van der Waals surface area (Å²) in [5.41, 5.74) is 12.3. The summed E-state index contributed by atoms with van der Waals surface area (Å²) in [5.74, 6) is 0.764. The van der Waals surface area contributed by atoms with Crippen molar-refractivity contribution >= 4 is 22.9 Å². The van der Waals surface area contributed by atoms with E-state index in [-0.39, 0.29) is 11.4 Å². The Hall–Kier alpha value is -3.84. The molecule has 1 aliphatic heterocycles. The first-order chi connectivity index (χ1) is 17.5. The molecule has 0 spiro atoms. The van der Waals surface area contributed by atoms with E-state index in [0.717, 1.165) is 40.6 Å². The molecule has 3 heterocycles. The number of aromatic nitrogens is 3. The Morgan fingerprint density at radius 2 is 1.64 bits per heavy atom. The lowest BCUT2D eigenvalue weighted by Crippen LogP contribution is -2.48. The zero-order valence-corrected chi connectivity index (χ0v) is 20.5. The molecule has 2 N–H and O–H groups in total. The third kappa shape index (κ3) is 4.09. The Balaban J connectivity index is 1.40. The number of hydrogen-bond acceptors (Lipinski definition) is 6. The molecule has 7 heteroatoms. The van der Waals surface area contributed by atoms with E-state index >= 15 is 0 Å².